The average Bonchev–Trinajstić information content (AvgIpc) is 2.64. The van der Waals surface area contributed by atoms with Gasteiger partial charge in [0.25, 0.3) is 5.91 Å². The maximum absolute atomic E-state index is 12.5. The van der Waals surface area contributed by atoms with Gasteiger partial charge < -0.3 is 15.4 Å². The normalized spacial score (nSPS) is 11.0. The summed E-state index contributed by atoms with van der Waals surface area (Å²) in [7, 11) is 1.59. The number of para-hydroxylation sites is 1. The highest BCUT2D eigenvalue weighted by molar-refractivity contribution is 6.07. The molecule has 0 aliphatic carbocycles. The van der Waals surface area contributed by atoms with E-state index >= 15 is 0 Å². The summed E-state index contributed by atoms with van der Waals surface area (Å²) in [6.45, 7) is 6.07. The Morgan fingerprint density at radius 3 is 2.46 bits per heavy atom. The van der Waals surface area contributed by atoms with Gasteiger partial charge in [0, 0.05) is 17.6 Å². The Hall–Kier alpha value is -3.26. The maximum atomic E-state index is 12.5. The fraction of sp³-hybridized carbons (Fsp3) is 0.238. The predicted molar refractivity (Wildman–Crippen MR) is 104 cm³/mol. The van der Waals surface area contributed by atoms with Crippen molar-refractivity contribution in [3.8, 4) is 11.8 Å². The standard InChI is InChI=1S/C21H23N3O2/c1-14(2)19-7-5-6-15(3)20(19)24-21(25)16(12-22)13-23-17-8-10-18(26-4)11-9-17/h5-11,13-14,23H,1-4H3,(H,24,25)/b16-13-. The largest absolute Gasteiger partial charge is 0.497 e. The fourth-order valence-corrected chi connectivity index (χ4v) is 2.51. The number of hydrogen-bond donors (Lipinski definition) is 2. The molecule has 0 spiro atoms. The number of carbonyl (C=O) groups excluding carboxylic acids is 1. The zero-order valence-corrected chi connectivity index (χ0v) is 15.5. The van der Waals surface area contributed by atoms with Crippen molar-refractivity contribution in [3.63, 3.8) is 0 Å². The summed E-state index contributed by atoms with van der Waals surface area (Å²) in [6.07, 6.45) is 1.41. The third-order valence-corrected chi connectivity index (χ3v) is 4.00. The average molecular weight is 349 g/mol. The Morgan fingerprint density at radius 1 is 1.19 bits per heavy atom. The van der Waals surface area contributed by atoms with Gasteiger partial charge in [0.1, 0.15) is 17.4 Å². The molecule has 26 heavy (non-hydrogen) atoms. The number of nitrogens with zero attached hydrogens (tertiary/aromatic N) is 1. The van der Waals surface area contributed by atoms with Gasteiger partial charge in [-0.1, -0.05) is 32.0 Å². The van der Waals surface area contributed by atoms with E-state index in [0.717, 1.165) is 28.3 Å². The Kier molecular flexibility index (Phi) is 6.40. The zero-order valence-electron chi connectivity index (χ0n) is 15.5. The van der Waals surface area contributed by atoms with Crippen LogP contribution in [-0.2, 0) is 4.79 Å². The molecule has 5 nitrogen and oxygen atoms in total. The molecule has 0 aliphatic heterocycles. The molecule has 0 bridgehead atoms. The van der Waals surface area contributed by atoms with Crippen molar-refractivity contribution < 1.29 is 9.53 Å². The van der Waals surface area contributed by atoms with Crippen LogP contribution in [0.25, 0.3) is 0 Å². The van der Waals surface area contributed by atoms with E-state index in [1.54, 1.807) is 31.4 Å². The second kappa shape index (κ2) is 8.72. The molecule has 0 aliphatic rings. The van der Waals surface area contributed by atoms with Crippen LogP contribution in [0.3, 0.4) is 0 Å². The van der Waals surface area contributed by atoms with Gasteiger partial charge in [-0.15, -0.1) is 0 Å². The van der Waals surface area contributed by atoms with Crippen LogP contribution in [0.5, 0.6) is 5.75 Å². The first-order valence-electron chi connectivity index (χ1n) is 8.38. The van der Waals surface area contributed by atoms with E-state index in [9.17, 15) is 10.1 Å². The molecule has 2 rings (SSSR count). The topological polar surface area (TPSA) is 74.1 Å². The molecule has 0 aromatic heterocycles. The lowest BCUT2D eigenvalue weighted by Gasteiger charge is -2.16. The van der Waals surface area contributed by atoms with E-state index < -0.39 is 5.91 Å². The number of benzene rings is 2. The first-order valence-corrected chi connectivity index (χ1v) is 8.38. The van der Waals surface area contributed by atoms with Gasteiger partial charge in [-0.05, 0) is 48.2 Å². The van der Waals surface area contributed by atoms with Crippen LogP contribution >= 0.6 is 0 Å². The van der Waals surface area contributed by atoms with E-state index in [1.807, 2.05) is 31.2 Å². The van der Waals surface area contributed by atoms with Gasteiger partial charge in [0.05, 0.1) is 7.11 Å². The van der Waals surface area contributed by atoms with Crippen molar-refractivity contribution in [2.45, 2.75) is 26.7 Å². The number of rotatable bonds is 6. The molecule has 2 aromatic carbocycles. The number of amides is 1. The third kappa shape index (κ3) is 4.64. The quantitative estimate of drug-likeness (QED) is 0.591. The van der Waals surface area contributed by atoms with E-state index in [2.05, 4.69) is 24.5 Å². The third-order valence-electron chi connectivity index (χ3n) is 4.00. The maximum Gasteiger partial charge on any atom is 0.267 e. The molecule has 0 heterocycles. The van der Waals surface area contributed by atoms with Crippen LogP contribution in [-0.4, -0.2) is 13.0 Å². The molecule has 0 saturated heterocycles. The van der Waals surface area contributed by atoms with Gasteiger partial charge in [0.2, 0.25) is 0 Å². The van der Waals surface area contributed by atoms with Crippen LogP contribution in [0.15, 0.2) is 54.2 Å². The predicted octanol–water partition coefficient (Wildman–Crippen LogP) is 4.59. The summed E-state index contributed by atoms with van der Waals surface area (Å²) in [5.74, 6) is 0.556. The van der Waals surface area contributed by atoms with E-state index in [1.165, 1.54) is 6.20 Å². The monoisotopic (exact) mass is 349 g/mol. The molecule has 0 saturated carbocycles. The molecule has 134 valence electrons. The summed E-state index contributed by atoms with van der Waals surface area (Å²) in [5.41, 5.74) is 3.52. The second-order valence-electron chi connectivity index (χ2n) is 6.19. The first-order chi connectivity index (χ1) is 12.5. The van der Waals surface area contributed by atoms with E-state index in [0.29, 0.717) is 0 Å². The van der Waals surface area contributed by atoms with Crippen molar-refractivity contribution in [2.75, 3.05) is 17.7 Å². The van der Waals surface area contributed by atoms with Gasteiger partial charge in [-0.2, -0.15) is 5.26 Å². The Bertz CT molecular complexity index is 847. The molecular weight excluding hydrogens is 326 g/mol. The number of carbonyl (C=O) groups is 1. The van der Waals surface area contributed by atoms with Crippen molar-refractivity contribution in [3.05, 3.63) is 65.4 Å². The van der Waals surface area contributed by atoms with Crippen LogP contribution in [0.4, 0.5) is 11.4 Å². The van der Waals surface area contributed by atoms with Gasteiger partial charge in [-0.25, -0.2) is 0 Å². The Balaban J connectivity index is 2.17. The molecule has 0 fully saturated rings. The fourth-order valence-electron chi connectivity index (χ4n) is 2.51. The number of methoxy groups -OCH3 is 1. The zero-order chi connectivity index (χ0) is 19.1. The number of ether oxygens (including phenoxy) is 1. The molecule has 2 aromatic rings. The van der Waals surface area contributed by atoms with Crippen LogP contribution in [0, 0.1) is 18.3 Å². The second-order valence-corrected chi connectivity index (χ2v) is 6.19. The molecule has 5 heteroatoms. The highest BCUT2D eigenvalue weighted by Gasteiger charge is 2.15. The number of nitrogens with one attached hydrogen (secondary N) is 2. The molecule has 1 amide bonds. The van der Waals surface area contributed by atoms with E-state index in [4.69, 9.17) is 4.74 Å². The lowest BCUT2D eigenvalue weighted by atomic mass is 9.98. The smallest absolute Gasteiger partial charge is 0.267 e. The molecule has 0 atom stereocenters. The van der Waals surface area contributed by atoms with Crippen LogP contribution in [0.2, 0.25) is 0 Å². The number of hydrogen-bond acceptors (Lipinski definition) is 4. The first kappa shape index (κ1) is 19.1. The summed E-state index contributed by atoms with van der Waals surface area (Å²) >= 11 is 0. The summed E-state index contributed by atoms with van der Waals surface area (Å²) in [5, 5.41) is 15.2. The van der Waals surface area contributed by atoms with Gasteiger partial charge >= 0.3 is 0 Å². The lowest BCUT2D eigenvalue weighted by molar-refractivity contribution is -0.112. The number of anilines is 2. The lowest BCUT2D eigenvalue weighted by Crippen LogP contribution is -2.17. The van der Waals surface area contributed by atoms with Crippen LogP contribution in [0.1, 0.15) is 30.9 Å². The summed E-state index contributed by atoms with van der Waals surface area (Å²) in [4.78, 5) is 12.5. The number of nitriles is 1. The molecule has 0 unspecified atom stereocenters. The highest BCUT2D eigenvalue weighted by atomic mass is 16.5. The van der Waals surface area contributed by atoms with Gasteiger partial charge in [0.15, 0.2) is 0 Å². The minimum atomic E-state index is -0.440. The molecular formula is C21H23N3O2. The molecule has 2 N–H and O–H groups in total. The SMILES string of the molecule is COc1ccc(N/C=C(/C#N)C(=O)Nc2c(C)cccc2C(C)C)cc1. The van der Waals surface area contributed by atoms with Crippen molar-refractivity contribution in [1.82, 2.24) is 0 Å². The Labute approximate surface area is 154 Å². The summed E-state index contributed by atoms with van der Waals surface area (Å²) < 4.78 is 5.10. The molecule has 0 radical (unpaired) electrons. The minimum absolute atomic E-state index is 0.00113. The highest BCUT2D eigenvalue weighted by Crippen LogP contribution is 2.27. The van der Waals surface area contributed by atoms with Crippen molar-refractivity contribution in [1.29, 1.82) is 5.26 Å². The Morgan fingerprint density at radius 2 is 1.88 bits per heavy atom. The van der Waals surface area contributed by atoms with Crippen LogP contribution < -0.4 is 15.4 Å². The number of aryl methyl sites for hydroxylation is 1. The van der Waals surface area contributed by atoms with Crippen molar-refractivity contribution >= 4 is 17.3 Å². The summed E-state index contributed by atoms with van der Waals surface area (Å²) in [6, 6.07) is 15.0. The van der Waals surface area contributed by atoms with E-state index in [-0.39, 0.29) is 11.5 Å². The van der Waals surface area contributed by atoms with Crippen molar-refractivity contribution in [2.24, 2.45) is 0 Å². The van der Waals surface area contributed by atoms with Gasteiger partial charge in [-0.3, -0.25) is 4.79 Å². The minimum Gasteiger partial charge on any atom is -0.497 e.